The van der Waals surface area contributed by atoms with Crippen LogP contribution < -0.4 is 10.6 Å². The average molecular weight is 282 g/mol. The maximum atomic E-state index is 5.94. The van der Waals surface area contributed by atoms with E-state index in [1.807, 2.05) is 18.2 Å². The Morgan fingerprint density at radius 3 is 2.52 bits per heavy atom. The van der Waals surface area contributed by atoms with Crippen LogP contribution in [0.4, 0.5) is 11.5 Å². The summed E-state index contributed by atoms with van der Waals surface area (Å²) in [6.07, 6.45) is 9.99. The molecule has 2 aromatic rings. The van der Waals surface area contributed by atoms with Crippen LogP contribution in [0.1, 0.15) is 38.5 Å². The molecule has 1 aromatic carbocycles. The molecule has 2 aliphatic rings. The standard InChI is InChI=1S/C17H22N4/c18-13-3-4-15-14(11-13)16(20-12-19-15)21-9-7-17(8-10-21)5-1-2-6-17/h3-4,11-12H,1-2,5-10,18H2. The molecule has 0 unspecified atom stereocenters. The highest BCUT2D eigenvalue weighted by Gasteiger charge is 2.37. The number of fused-ring (bicyclic) bond motifs is 1. The Bertz CT molecular complexity index is 651. The van der Waals surface area contributed by atoms with Gasteiger partial charge in [0.15, 0.2) is 0 Å². The quantitative estimate of drug-likeness (QED) is 0.815. The number of anilines is 2. The van der Waals surface area contributed by atoms with Crippen molar-refractivity contribution in [2.45, 2.75) is 38.5 Å². The highest BCUT2D eigenvalue weighted by atomic mass is 15.2. The number of hydrogen-bond acceptors (Lipinski definition) is 4. The van der Waals surface area contributed by atoms with Gasteiger partial charge in [-0.1, -0.05) is 12.8 Å². The molecule has 2 heterocycles. The van der Waals surface area contributed by atoms with Gasteiger partial charge in [0.1, 0.15) is 12.1 Å². The molecule has 0 atom stereocenters. The molecule has 4 rings (SSSR count). The first-order chi connectivity index (χ1) is 10.3. The molecular formula is C17H22N4. The topological polar surface area (TPSA) is 55.0 Å². The zero-order chi connectivity index (χ0) is 14.3. The first-order valence-corrected chi connectivity index (χ1v) is 8.01. The summed E-state index contributed by atoms with van der Waals surface area (Å²) in [5.41, 5.74) is 8.34. The van der Waals surface area contributed by atoms with Crippen molar-refractivity contribution in [1.29, 1.82) is 0 Å². The van der Waals surface area contributed by atoms with Gasteiger partial charge in [0.2, 0.25) is 0 Å². The van der Waals surface area contributed by atoms with E-state index in [1.165, 1.54) is 38.5 Å². The van der Waals surface area contributed by atoms with E-state index in [-0.39, 0.29) is 0 Å². The lowest BCUT2D eigenvalue weighted by molar-refractivity contribution is 0.226. The van der Waals surface area contributed by atoms with E-state index < -0.39 is 0 Å². The van der Waals surface area contributed by atoms with Crippen molar-refractivity contribution in [3.05, 3.63) is 24.5 Å². The Morgan fingerprint density at radius 1 is 1.00 bits per heavy atom. The van der Waals surface area contributed by atoms with Gasteiger partial charge in [0.25, 0.3) is 0 Å². The number of nitrogen functional groups attached to an aromatic ring is 1. The molecule has 2 fully saturated rings. The Labute approximate surface area is 125 Å². The Balaban J connectivity index is 1.64. The molecule has 2 N–H and O–H groups in total. The van der Waals surface area contributed by atoms with Crippen LogP contribution in [0.25, 0.3) is 10.9 Å². The van der Waals surface area contributed by atoms with E-state index in [4.69, 9.17) is 5.73 Å². The highest BCUT2D eigenvalue weighted by Crippen LogP contribution is 2.46. The zero-order valence-electron chi connectivity index (χ0n) is 12.4. The Hall–Kier alpha value is -1.84. The first kappa shape index (κ1) is 12.9. The summed E-state index contributed by atoms with van der Waals surface area (Å²) in [5, 5.41) is 1.08. The smallest absolute Gasteiger partial charge is 0.139 e. The molecule has 1 aliphatic heterocycles. The molecular weight excluding hydrogens is 260 g/mol. The number of hydrogen-bond donors (Lipinski definition) is 1. The lowest BCUT2D eigenvalue weighted by atomic mass is 9.77. The van der Waals surface area contributed by atoms with Gasteiger partial charge >= 0.3 is 0 Å². The average Bonchev–Trinajstić information content (AvgIpc) is 2.96. The molecule has 1 saturated carbocycles. The number of benzene rings is 1. The van der Waals surface area contributed by atoms with Crippen molar-refractivity contribution in [2.75, 3.05) is 23.7 Å². The van der Waals surface area contributed by atoms with Gasteiger partial charge in [-0.05, 0) is 49.3 Å². The summed E-state index contributed by atoms with van der Waals surface area (Å²) in [6.45, 7) is 2.22. The molecule has 0 bridgehead atoms. The Morgan fingerprint density at radius 2 is 1.76 bits per heavy atom. The van der Waals surface area contributed by atoms with Crippen LogP contribution in [-0.4, -0.2) is 23.1 Å². The first-order valence-electron chi connectivity index (χ1n) is 8.01. The molecule has 1 saturated heterocycles. The summed E-state index contributed by atoms with van der Waals surface area (Å²) < 4.78 is 0. The minimum atomic E-state index is 0.637. The van der Waals surface area contributed by atoms with Crippen molar-refractivity contribution in [2.24, 2.45) is 5.41 Å². The molecule has 1 aliphatic carbocycles. The minimum Gasteiger partial charge on any atom is -0.399 e. The third kappa shape index (κ3) is 2.23. The van der Waals surface area contributed by atoms with Crippen molar-refractivity contribution < 1.29 is 0 Å². The van der Waals surface area contributed by atoms with Crippen LogP contribution in [0.5, 0.6) is 0 Å². The fourth-order valence-electron chi connectivity index (χ4n) is 4.13. The van der Waals surface area contributed by atoms with Gasteiger partial charge in [-0.3, -0.25) is 0 Å². The molecule has 0 radical (unpaired) electrons. The van der Waals surface area contributed by atoms with Crippen LogP contribution in [0.2, 0.25) is 0 Å². The van der Waals surface area contributed by atoms with E-state index in [1.54, 1.807) is 6.33 Å². The number of nitrogens with two attached hydrogens (primary N) is 1. The van der Waals surface area contributed by atoms with Crippen molar-refractivity contribution in [3.63, 3.8) is 0 Å². The van der Waals surface area contributed by atoms with Crippen LogP contribution in [0, 0.1) is 5.41 Å². The second-order valence-corrected chi connectivity index (χ2v) is 6.67. The van der Waals surface area contributed by atoms with E-state index >= 15 is 0 Å². The van der Waals surface area contributed by atoms with Crippen LogP contribution in [0.15, 0.2) is 24.5 Å². The number of aromatic nitrogens is 2. The van der Waals surface area contributed by atoms with E-state index in [2.05, 4.69) is 14.9 Å². The number of piperidine rings is 1. The maximum absolute atomic E-state index is 5.94. The van der Waals surface area contributed by atoms with Gasteiger partial charge in [-0.15, -0.1) is 0 Å². The monoisotopic (exact) mass is 282 g/mol. The summed E-state index contributed by atoms with van der Waals surface area (Å²) in [4.78, 5) is 11.3. The van der Waals surface area contributed by atoms with Crippen molar-refractivity contribution in [1.82, 2.24) is 9.97 Å². The second-order valence-electron chi connectivity index (χ2n) is 6.67. The molecule has 4 heteroatoms. The van der Waals surface area contributed by atoms with Gasteiger partial charge in [-0.2, -0.15) is 0 Å². The molecule has 1 spiro atoms. The second kappa shape index (κ2) is 4.86. The lowest BCUT2D eigenvalue weighted by Gasteiger charge is -2.40. The van der Waals surface area contributed by atoms with E-state index in [9.17, 15) is 0 Å². The minimum absolute atomic E-state index is 0.637. The predicted molar refractivity (Wildman–Crippen MR) is 86.3 cm³/mol. The van der Waals surface area contributed by atoms with Gasteiger partial charge in [0.05, 0.1) is 5.52 Å². The molecule has 0 amide bonds. The fraction of sp³-hybridized carbons (Fsp3) is 0.529. The largest absolute Gasteiger partial charge is 0.399 e. The number of rotatable bonds is 1. The van der Waals surface area contributed by atoms with Crippen LogP contribution >= 0.6 is 0 Å². The highest BCUT2D eigenvalue weighted by molar-refractivity contribution is 5.91. The third-order valence-corrected chi connectivity index (χ3v) is 5.43. The maximum Gasteiger partial charge on any atom is 0.139 e. The van der Waals surface area contributed by atoms with Crippen molar-refractivity contribution >= 4 is 22.4 Å². The molecule has 21 heavy (non-hydrogen) atoms. The SMILES string of the molecule is Nc1ccc2ncnc(N3CCC4(CCCC4)CC3)c2c1. The molecule has 4 nitrogen and oxygen atoms in total. The number of nitrogens with zero attached hydrogens (tertiary/aromatic N) is 3. The predicted octanol–water partition coefficient (Wildman–Crippen LogP) is 3.37. The van der Waals surface area contributed by atoms with Gasteiger partial charge in [-0.25, -0.2) is 9.97 Å². The van der Waals surface area contributed by atoms with Gasteiger partial charge < -0.3 is 10.6 Å². The zero-order valence-corrected chi connectivity index (χ0v) is 12.4. The summed E-state index contributed by atoms with van der Waals surface area (Å²) in [5.74, 6) is 1.06. The van der Waals surface area contributed by atoms with Gasteiger partial charge in [0, 0.05) is 24.2 Å². The Kier molecular flexibility index (Phi) is 2.98. The third-order valence-electron chi connectivity index (χ3n) is 5.43. The fourth-order valence-corrected chi connectivity index (χ4v) is 4.13. The van der Waals surface area contributed by atoms with E-state index in [0.717, 1.165) is 35.5 Å². The van der Waals surface area contributed by atoms with Crippen LogP contribution in [0.3, 0.4) is 0 Å². The van der Waals surface area contributed by atoms with E-state index in [0.29, 0.717) is 5.41 Å². The summed E-state index contributed by atoms with van der Waals surface area (Å²) in [6, 6.07) is 5.89. The molecule has 1 aromatic heterocycles. The molecule has 110 valence electrons. The lowest BCUT2D eigenvalue weighted by Crippen LogP contribution is -2.39. The van der Waals surface area contributed by atoms with Crippen LogP contribution in [-0.2, 0) is 0 Å². The summed E-state index contributed by atoms with van der Waals surface area (Å²) in [7, 11) is 0. The normalized spacial score (nSPS) is 21.2. The van der Waals surface area contributed by atoms with Crippen molar-refractivity contribution in [3.8, 4) is 0 Å². The summed E-state index contributed by atoms with van der Waals surface area (Å²) >= 11 is 0.